The van der Waals surface area contributed by atoms with Crippen molar-refractivity contribution in [3.63, 3.8) is 0 Å². The Labute approximate surface area is 69.7 Å². The van der Waals surface area contributed by atoms with Crippen LogP contribution < -0.4 is 37.7 Å². The Hall–Kier alpha value is 2.15. The summed E-state index contributed by atoms with van der Waals surface area (Å²) >= 11 is 0.417. The zero-order chi connectivity index (χ0) is 2.71. The summed E-state index contributed by atoms with van der Waals surface area (Å²) in [7, 11) is 8.42. The van der Waals surface area contributed by atoms with Gasteiger partial charge in [-0.05, 0) is 0 Å². The van der Waals surface area contributed by atoms with Gasteiger partial charge in [0.05, 0.1) is 0 Å². The van der Waals surface area contributed by atoms with E-state index in [1.165, 1.54) is 0 Å². The molecule has 0 amide bonds. The van der Waals surface area contributed by atoms with Crippen molar-refractivity contribution in [2.45, 2.75) is 0 Å². The average molecular weight is 134 g/mol. The van der Waals surface area contributed by atoms with Gasteiger partial charge in [-0.25, -0.2) is 0 Å². The Balaban J connectivity index is -0.0000000200. The summed E-state index contributed by atoms with van der Waals surface area (Å²) in [5, 5.41) is 0. The summed E-state index contributed by atoms with van der Waals surface area (Å²) in [5.41, 5.74) is 0. The fraction of sp³-hybridized carbons (Fsp3) is 0. The first kappa shape index (κ1) is 15.7. The second-order valence-corrected chi connectivity index (χ2v) is 2.19. The van der Waals surface area contributed by atoms with Gasteiger partial charge in [0.15, 0.2) is 0 Å². The molecule has 0 unspecified atom stereocenters. The third kappa shape index (κ3) is 22.9. The maximum atomic E-state index is 4.21. The summed E-state index contributed by atoms with van der Waals surface area (Å²) in [5.74, 6) is 0. The van der Waals surface area contributed by atoms with Gasteiger partial charge in [0.1, 0.15) is 0 Å². The Morgan fingerprint density at radius 1 is 1.00 bits per heavy atom. The molecule has 0 aliphatic rings. The van der Waals surface area contributed by atoms with E-state index in [-0.39, 0.29) is 37.7 Å². The molecule has 0 heterocycles. The van der Waals surface area contributed by atoms with Gasteiger partial charge in [-0.15, -0.1) is 0 Å². The minimum atomic E-state index is 0. The van der Waals surface area contributed by atoms with E-state index in [0.717, 1.165) is 0 Å². The molecule has 5 heavy (non-hydrogen) atoms. The Morgan fingerprint density at radius 2 is 1.00 bits per heavy atom. The van der Waals surface area contributed by atoms with E-state index in [9.17, 15) is 0 Å². The van der Waals surface area contributed by atoms with E-state index < -0.39 is 0 Å². The van der Waals surface area contributed by atoms with Crippen molar-refractivity contribution in [1.29, 1.82) is 0 Å². The molecule has 0 aromatic carbocycles. The minimum absolute atomic E-state index is 0. The molecule has 0 aliphatic carbocycles. The van der Waals surface area contributed by atoms with Crippen LogP contribution in [-0.4, -0.2) is 0 Å². The van der Waals surface area contributed by atoms with Crippen LogP contribution in [0.15, 0.2) is 0 Å². The van der Waals surface area contributed by atoms with Crippen molar-refractivity contribution < 1.29 is 49.4 Å². The van der Waals surface area contributed by atoms with Crippen molar-refractivity contribution in [3.05, 3.63) is 0 Å². The standard InChI is InChI=1S/Fe.2Li.2S/q-2;2*+1;;. The Bertz CT molecular complexity index is 28.6. The van der Waals surface area contributed by atoms with E-state index in [1.54, 1.807) is 0 Å². The van der Waals surface area contributed by atoms with Crippen LogP contribution in [-0.2, 0) is 11.7 Å². The van der Waals surface area contributed by atoms with Crippen LogP contribution in [0, 0.1) is 0 Å². The van der Waals surface area contributed by atoms with E-state index in [4.69, 9.17) is 0 Å². The average Bonchev–Trinajstić information content (AvgIpc) is 0.918. The third-order valence-electron chi connectivity index (χ3n) is 0. The monoisotopic (exact) mass is 134 g/mol. The van der Waals surface area contributed by atoms with Crippen molar-refractivity contribution in [1.82, 2.24) is 0 Å². The van der Waals surface area contributed by atoms with Crippen LogP contribution >= 0.6 is 21.1 Å². The molecule has 0 rings (SSSR count). The first-order valence-electron chi connectivity index (χ1n) is 0.289. The fourth-order valence-corrected chi connectivity index (χ4v) is 0. The first-order chi connectivity index (χ1) is 1.41. The van der Waals surface area contributed by atoms with Crippen LogP contribution in [0.5, 0.6) is 0 Å². The predicted molar refractivity (Wildman–Crippen MR) is 15.2 cm³/mol. The van der Waals surface area contributed by atoms with Gasteiger partial charge in [0, 0.05) is 0 Å². The molecule has 0 aliphatic heterocycles. The van der Waals surface area contributed by atoms with Crippen LogP contribution in [0.25, 0.3) is 0 Å². The van der Waals surface area contributed by atoms with E-state index in [0.29, 0.717) is 11.7 Å². The first-order valence-corrected chi connectivity index (χ1v) is 3.57. The molecule has 0 nitrogen and oxygen atoms in total. The molecule has 0 saturated carbocycles. The molecule has 5 heteroatoms. The topological polar surface area (TPSA) is 0 Å². The molecule has 0 bridgehead atoms. The third-order valence-corrected chi connectivity index (χ3v) is 0. The summed E-state index contributed by atoms with van der Waals surface area (Å²) in [6, 6.07) is 0. The van der Waals surface area contributed by atoms with Crippen molar-refractivity contribution in [2.75, 3.05) is 0 Å². The zero-order valence-electron chi connectivity index (χ0n) is 3.17. The van der Waals surface area contributed by atoms with Gasteiger partial charge in [0.2, 0.25) is 0 Å². The van der Waals surface area contributed by atoms with Gasteiger partial charge < -0.3 is 0 Å². The summed E-state index contributed by atoms with van der Waals surface area (Å²) in [6.45, 7) is 0. The number of rotatable bonds is 0. The van der Waals surface area contributed by atoms with E-state index in [1.807, 2.05) is 0 Å². The van der Waals surface area contributed by atoms with Crippen LogP contribution in [0.1, 0.15) is 0 Å². The second kappa shape index (κ2) is 16.4. The van der Waals surface area contributed by atoms with Crippen molar-refractivity contribution >= 4 is 21.1 Å². The molecule has 0 aromatic heterocycles. The zero-order valence-corrected chi connectivity index (χ0v) is 5.91. The molecular formula is FeLi2S2. The SMILES string of the molecule is [Li+].[Li+].[S]=[Fe-2]=[S]. The van der Waals surface area contributed by atoms with Gasteiger partial charge in [-0.3, -0.25) is 0 Å². The molecule has 0 atom stereocenters. The van der Waals surface area contributed by atoms with E-state index in [2.05, 4.69) is 21.1 Å². The molecular weight excluding hydrogens is 134 g/mol. The molecule has 22 valence electrons. The van der Waals surface area contributed by atoms with Crippen LogP contribution in [0.3, 0.4) is 0 Å². The molecule has 0 fully saturated rings. The summed E-state index contributed by atoms with van der Waals surface area (Å²) in [6.07, 6.45) is 0. The molecule has 0 N–H and O–H groups in total. The Morgan fingerprint density at radius 3 is 1.00 bits per heavy atom. The van der Waals surface area contributed by atoms with Gasteiger partial charge >= 0.3 is 70.5 Å². The fourth-order valence-electron chi connectivity index (χ4n) is 0. The molecule has 0 aromatic rings. The summed E-state index contributed by atoms with van der Waals surface area (Å²) < 4.78 is 0. The number of hydrogen-bond acceptors (Lipinski definition) is 2. The van der Waals surface area contributed by atoms with Gasteiger partial charge in [-0.2, -0.15) is 0 Å². The van der Waals surface area contributed by atoms with Crippen LogP contribution in [0.2, 0.25) is 0 Å². The molecule has 0 spiro atoms. The van der Waals surface area contributed by atoms with E-state index >= 15 is 0 Å². The van der Waals surface area contributed by atoms with Crippen molar-refractivity contribution in [3.8, 4) is 0 Å². The predicted octanol–water partition coefficient (Wildman–Crippen LogP) is -4.70. The van der Waals surface area contributed by atoms with Gasteiger partial charge in [0.25, 0.3) is 0 Å². The molecule has 0 saturated heterocycles. The Kier molecular flexibility index (Phi) is 51.6. The molecule has 0 radical (unpaired) electrons. The maximum absolute atomic E-state index is 4.21. The quantitative estimate of drug-likeness (QED) is 0.305. The van der Waals surface area contributed by atoms with Gasteiger partial charge in [-0.1, -0.05) is 0 Å². The normalized spacial score (nSPS) is 4.00. The van der Waals surface area contributed by atoms with Crippen LogP contribution in [0.4, 0.5) is 0 Å². The second-order valence-electron chi connectivity index (χ2n) is 0.0589. The summed E-state index contributed by atoms with van der Waals surface area (Å²) in [4.78, 5) is 0. The number of hydrogen-bond donors (Lipinski definition) is 0. The van der Waals surface area contributed by atoms with Crippen molar-refractivity contribution in [2.24, 2.45) is 0 Å².